The maximum atomic E-state index is 4.29. The van der Waals surface area contributed by atoms with Crippen molar-refractivity contribution in [2.75, 3.05) is 0 Å². The Morgan fingerprint density at radius 2 is 2.05 bits per heavy atom. The zero-order valence-corrected chi connectivity index (χ0v) is 11.4. The Hall–Kier alpha value is -2.27. The number of nitrogens with zero attached hydrogens (tertiary/aromatic N) is 1. The third-order valence-electron chi connectivity index (χ3n) is 2.63. The van der Waals surface area contributed by atoms with E-state index in [9.17, 15) is 0 Å². The molecular weight excluding hydrogens is 232 g/mol. The molecule has 1 heterocycles. The van der Waals surface area contributed by atoms with E-state index in [4.69, 9.17) is 0 Å². The van der Waals surface area contributed by atoms with Gasteiger partial charge in [0.2, 0.25) is 0 Å². The summed E-state index contributed by atoms with van der Waals surface area (Å²) in [4.78, 5) is 0. The molecule has 1 N–H and O–H groups in total. The smallest absolute Gasteiger partial charge is 0.0926 e. The Bertz CT molecular complexity index is 595. The largest absolute Gasteiger partial charge is 0.278 e. The van der Waals surface area contributed by atoms with Gasteiger partial charge < -0.3 is 0 Å². The van der Waals surface area contributed by atoms with E-state index in [-0.39, 0.29) is 0 Å². The van der Waals surface area contributed by atoms with Gasteiger partial charge in [-0.1, -0.05) is 56.0 Å². The maximum Gasteiger partial charge on any atom is 0.0926 e. The van der Waals surface area contributed by atoms with Crippen molar-refractivity contribution < 1.29 is 0 Å². The Balaban J connectivity index is 2.01. The molecule has 0 aliphatic heterocycles. The molecule has 0 aliphatic carbocycles. The van der Waals surface area contributed by atoms with Crippen LogP contribution in [0.1, 0.15) is 26.0 Å². The SMILES string of the molecule is CC(C)CC#C/C=C\c1cc(-c2ccccc2)n[nH]1. The van der Waals surface area contributed by atoms with Crippen LogP contribution in [0.25, 0.3) is 17.3 Å². The van der Waals surface area contributed by atoms with E-state index in [2.05, 4.69) is 35.9 Å². The molecule has 0 saturated heterocycles. The predicted octanol–water partition coefficient (Wildman–Crippen LogP) is 4.14. The lowest BCUT2D eigenvalue weighted by molar-refractivity contribution is 0.676. The number of aromatic nitrogens is 2. The highest BCUT2D eigenvalue weighted by Crippen LogP contribution is 2.17. The molecule has 0 atom stereocenters. The van der Waals surface area contributed by atoms with Gasteiger partial charge in [-0.05, 0) is 24.1 Å². The van der Waals surface area contributed by atoms with E-state index < -0.39 is 0 Å². The van der Waals surface area contributed by atoms with Gasteiger partial charge in [0.05, 0.1) is 11.4 Å². The number of rotatable bonds is 3. The highest BCUT2D eigenvalue weighted by atomic mass is 15.1. The monoisotopic (exact) mass is 250 g/mol. The minimum atomic E-state index is 0.623. The molecule has 0 saturated carbocycles. The molecule has 19 heavy (non-hydrogen) atoms. The fourth-order valence-electron chi connectivity index (χ4n) is 1.63. The van der Waals surface area contributed by atoms with E-state index in [1.54, 1.807) is 0 Å². The van der Waals surface area contributed by atoms with E-state index >= 15 is 0 Å². The Kier molecular flexibility index (Phi) is 4.58. The predicted molar refractivity (Wildman–Crippen MR) is 80.3 cm³/mol. The number of H-pyrrole nitrogens is 1. The summed E-state index contributed by atoms with van der Waals surface area (Å²) in [6, 6.07) is 12.1. The van der Waals surface area contributed by atoms with Gasteiger partial charge in [-0.15, -0.1) is 0 Å². The molecule has 2 rings (SSSR count). The first-order valence-electron chi connectivity index (χ1n) is 6.51. The maximum absolute atomic E-state index is 4.29. The first-order valence-corrected chi connectivity index (χ1v) is 6.51. The molecule has 0 aliphatic rings. The summed E-state index contributed by atoms with van der Waals surface area (Å²) in [5, 5.41) is 7.29. The van der Waals surface area contributed by atoms with Gasteiger partial charge in [0.15, 0.2) is 0 Å². The molecule has 1 aromatic heterocycles. The Morgan fingerprint density at radius 3 is 2.79 bits per heavy atom. The Labute approximate surface area is 114 Å². The van der Waals surface area contributed by atoms with Crippen molar-refractivity contribution in [2.24, 2.45) is 5.92 Å². The van der Waals surface area contributed by atoms with Crippen molar-refractivity contribution in [2.45, 2.75) is 20.3 Å². The molecule has 0 fully saturated rings. The van der Waals surface area contributed by atoms with Crippen LogP contribution in [0.15, 0.2) is 42.5 Å². The molecular formula is C17H18N2. The summed E-state index contributed by atoms with van der Waals surface area (Å²) >= 11 is 0. The molecule has 0 radical (unpaired) electrons. The number of nitrogens with one attached hydrogen (secondary N) is 1. The summed E-state index contributed by atoms with van der Waals surface area (Å²) in [6.07, 6.45) is 4.75. The van der Waals surface area contributed by atoms with Crippen LogP contribution in [0.3, 0.4) is 0 Å². The van der Waals surface area contributed by atoms with Gasteiger partial charge in [-0.2, -0.15) is 5.10 Å². The second kappa shape index (κ2) is 6.61. The van der Waals surface area contributed by atoms with Gasteiger partial charge in [0.1, 0.15) is 0 Å². The number of hydrogen-bond acceptors (Lipinski definition) is 1. The summed E-state index contributed by atoms with van der Waals surface area (Å²) in [6.45, 7) is 4.33. The van der Waals surface area contributed by atoms with Gasteiger partial charge in [0, 0.05) is 12.0 Å². The summed E-state index contributed by atoms with van der Waals surface area (Å²) < 4.78 is 0. The molecule has 0 amide bonds. The fourth-order valence-corrected chi connectivity index (χ4v) is 1.63. The third kappa shape index (κ3) is 4.15. The molecule has 96 valence electrons. The van der Waals surface area contributed by atoms with Crippen LogP contribution < -0.4 is 0 Å². The topological polar surface area (TPSA) is 28.7 Å². The van der Waals surface area contributed by atoms with Crippen LogP contribution in [0.4, 0.5) is 0 Å². The van der Waals surface area contributed by atoms with Gasteiger partial charge in [-0.25, -0.2) is 0 Å². The zero-order chi connectivity index (χ0) is 13.5. The second-order valence-corrected chi connectivity index (χ2v) is 4.83. The summed E-state index contributed by atoms with van der Waals surface area (Å²) in [5.41, 5.74) is 3.04. The van der Waals surface area contributed by atoms with Crippen molar-refractivity contribution >= 4 is 6.08 Å². The number of aromatic amines is 1. The molecule has 2 nitrogen and oxygen atoms in total. The van der Waals surface area contributed by atoms with Crippen LogP contribution in [-0.4, -0.2) is 10.2 Å². The van der Waals surface area contributed by atoms with Crippen LogP contribution in [0.2, 0.25) is 0 Å². The third-order valence-corrected chi connectivity index (χ3v) is 2.63. The molecule has 2 heteroatoms. The zero-order valence-electron chi connectivity index (χ0n) is 11.4. The van der Waals surface area contributed by atoms with Crippen molar-refractivity contribution in [3.05, 3.63) is 48.2 Å². The van der Waals surface area contributed by atoms with Crippen molar-refractivity contribution in [1.29, 1.82) is 0 Å². The number of benzene rings is 1. The molecule has 0 bridgehead atoms. The summed E-state index contributed by atoms with van der Waals surface area (Å²) in [7, 11) is 0. The lowest BCUT2D eigenvalue weighted by atomic mass is 10.1. The van der Waals surface area contributed by atoms with Crippen LogP contribution in [0, 0.1) is 17.8 Å². The molecule has 0 spiro atoms. The van der Waals surface area contributed by atoms with Gasteiger partial charge in [0.25, 0.3) is 0 Å². The number of allylic oxidation sites excluding steroid dienone is 1. The minimum absolute atomic E-state index is 0.623. The van der Waals surface area contributed by atoms with Gasteiger partial charge in [-0.3, -0.25) is 5.10 Å². The van der Waals surface area contributed by atoms with Crippen LogP contribution >= 0.6 is 0 Å². The van der Waals surface area contributed by atoms with Crippen molar-refractivity contribution in [3.63, 3.8) is 0 Å². The van der Waals surface area contributed by atoms with E-state index in [0.717, 1.165) is 23.4 Å². The van der Waals surface area contributed by atoms with E-state index in [0.29, 0.717) is 5.92 Å². The van der Waals surface area contributed by atoms with Gasteiger partial charge >= 0.3 is 0 Å². The fraction of sp³-hybridized carbons (Fsp3) is 0.235. The van der Waals surface area contributed by atoms with Crippen LogP contribution in [-0.2, 0) is 0 Å². The highest BCUT2D eigenvalue weighted by molar-refractivity contribution is 5.62. The quantitative estimate of drug-likeness (QED) is 0.815. The first kappa shape index (κ1) is 13.2. The minimum Gasteiger partial charge on any atom is -0.278 e. The molecule has 0 unspecified atom stereocenters. The average Bonchev–Trinajstić information content (AvgIpc) is 2.88. The molecule has 1 aromatic carbocycles. The Morgan fingerprint density at radius 1 is 1.26 bits per heavy atom. The van der Waals surface area contributed by atoms with E-state index in [1.807, 2.05) is 48.6 Å². The lowest BCUT2D eigenvalue weighted by Gasteiger charge is -1.92. The van der Waals surface area contributed by atoms with Crippen molar-refractivity contribution in [1.82, 2.24) is 10.2 Å². The van der Waals surface area contributed by atoms with E-state index in [1.165, 1.54) is 0 Å². The number of hydrogen-bond donors (Lipinski definition) is 1. The highest BCUT2D eigenvalue weighted by Gasteiger charge is 2.00. The van der Waals surface area contributed by atoms with Crippen LogP contribution in [0.5, 0.6) is 0 Å². The lowest BCUT2D eigenvalue weighted by Crippen LogP contribution is -1.80. The molecule has 2 aromatic rings. The first-order chi connectivity index (χ1) is 9.25. The van der Waals surface area contributed by atoms with Crippen molar-refractivity contribution in [3.8, 4) is 23.1 Å². The second-order valence-electron chi connectivity index (χ2n) is 4.83. The normalized spacial score (nSPS) is 10.7. The standard InChI is InChI=1S/C17H18N2/c1-14(2)9-5-3-8-12-16-13-17(19-18-16)15-10-6-4-7-11-15/h4,6-8,10-14H,9H2,1-2H3,(H,18,19)/b12-8-. The average molecular weight is 250 g/mol. The summed E-state index contributed by atoms with van der Waals surface area (Å²) in [5.74, 6) is 6.78.